The molecule has 3 aromatic rings. The smallest absolute Gasteiger partial charge is 0.270 e. The summed E-state index contributed by atoms with van der Waals surface area (Å²) in [6, 6.07) is 8.13. The molecular formula is C21H24N4O2S. The number of hydrogen-bond donors (Lipinski definition) is 2. The molecule has 1 aromatic carbocycles. The predicted octanol–water partition coefficient (Wildman–Crippen LogP) is 3.31. The molecule has 1 aliphatic heterocycles. The third-order valence-corrected chi connectivity index (χ3v) is 6.26. The molecule has 1 aliphatic rings. The minimum Gasteiger partial charge on any atom is -0.356 e. The van der Waals surface area contributed by atoms with E-state index in [0.717, 1.165) is 41.6 Å². The molecule has 3 heterocycles. The Morgan fingerprint density at radius 3 is 2.96 bits per heavy atom. The summed E-state index contributed by atoms with van der Waals surface area (Å²) in [7, 11) is 0. The van der Waals surface area contributed by atoms with Crippen LogP contribution in [0.4, 0.5) is 5.95 Å². The first-order valence-electron chi connectivity index (χ1n) is 9.68. The molecule has 0 aliphatic carbocycles. The molecule has 1 unspecified atom stereocenters. The number of rotatable bonds is 4. The average Bonchev–Trinajstić information content (AvgIpc) is 3.13. The van der Waals surface area contributed by atoms with Crippen molar-refractivity contribution in [3.8, 4) is 11.1 Å². The van der Waals surface area contributed by atoms with Gasteiger partial charge in [0.1, 0.15) is 4.70 Å². The molecule has 2 N–H and O–H groups in total. The molecule has 2 aromatic heterocycles. The fourth-order valence-electron chi connectivity index (χ4n) is 3.83. The number of aromatic nitrogens is 2. The highest BCUT2D eigenvalue weighted by Gasteiger charge is 2.27. The Labute approximate surface area is 167 Å². The lowest BCUT2D eigenvalue weighted by atomic mass is 9.97. The monoisotopic (exact) mass is 396 g/mol. The number of nitrogens with zero attached hydrogens (tertiary/aromatic N) is 2. The highest BCUT2D eigenvalue weighted by Crippen LogP contribution is 2.33. The van der Waals surface area contributed by atoms with E-state index in [0.29, 0.717) is 23.7 Å². The number of nitrogens with one attached hydrogen (secondary N) is 2. The van der Waals surface area contributed by atoms with Crippen LogP contribution in [0.3, 0.4) is 0 Å². The molecule has 0 radical (unpaired) electrons. The van der Waals surface area contributed by atoms with Crippen LogP contribution in [-0.2, 0) is 4.79 Å². The number of amides is 1. The predicted molar refractivity (Wildman–Crippen MR) is 114 cm³/mol. The minimum atomic E-state index is -0.120. The van der Waals surface area contributed by atoms with Gasteiger partial charge in [0.25, 0.3) is 5.56 Å². The zero-order chi connectivity index (χ0) is 19.7. The number of fused-ring (bicyclic) bond motifs is 1. The van der Waals surface area contributed by atoms with E-state index in [2.05, 4.69) is 29.4 Å². The number of H-pyrrole nitrogens is 1. The highest BCUT2D eigenvalue weighted by atomic mass is 32.1. The molecule has 146 valence electrons. The first-order chi connectivity index (χ1) is 13.6. The van der Waals surface area contributed by atoms with Gasteiger partial charge in [-0.3, -0.25) is 14.6 Å². The van der Waals surface area contributed by atoms with Gasteiger partial charge in [-0.1, -0.05) is 24.3 Å². The number of anilines is 1. The number of hydrogen-bond acceptors (Lipinski definition) is 5. The Morgan fingerprint density at radius 2 is 2.18 bits per heavy atom. The largest absolute Gasteiger partial charge is 0.356 e. The highest BCUT2D eigenvalue weighted by molar-refractivity contribution is 7.17. The van der Waals surface area contributed by atoms with Crippen molar-refractivity contribution >= 4 is 33.4 Å². The van der Waals surface area contributed by atoms with E-state index in [1.807, 2.05) is 29.3 Å². The van der Waals surface area contributed by atoms with Crippen LogP contribution in [0.25, 0.3) is 21.3 Å². The van der Waals surface area contributed by atoms with Crippen LogP contribution in [0.2, 0.25) is 0 Å². The number of carbonyl (C=O) groups is 1. The first-order valence-corrected chi connectivity index (χ1v) is 10.6. The Kier molecular flexibility index (Phi) is 5.17. The zero-order valence-electron chi connectivity index (χ0n) is 16.1. The molecule has 4 rings (SSSR count). The van der Waals surface area contributed by atoms with E-state index in [1.165, 1.54) is 11.3 Å². The normalized spacial score (nSPS) is 17.1. The van der Waals surface area contributed by atoms with Crippen LogP contribution in [0.1, 0.15) is 25.3 Å². The third kappa shape index (κ3) is 3.42. The van der Waals surface area contributed by atoms with E-state index in [9.17, 15) is 9.59 Å². The maximum atomic E-state index is 12.7. The molecule has 0 saturated carbocycles. The maximum absolute atomic E-state index is 12.7. The van der Waals surface area contributed by atoms with Crippen molar-refractivity contribution in [1.29, 1.82) is 0 Å². The number of carbonyl (C=O) groups excluding carboxylic acids is 1. The van der Waals surface area contributed by atoms with Gasteiger partial charge >= 0.3 is 0 Å². The summed E-state index contributed by atoms with van der Waals surface area (Å²) in [5.41, 5.74) is 3.85. The van der Waals surface area contributed by atoms with Gasteiger partial charge in [-0.2, -0.15) is 0 Å². The van der Waals surface area contributed by atoms with Crippen LogP contribution in [0.15, 0.2) is 34.4 Å². The fraction of sp³-hybridized carbons (Fsp3) is 0.381. The van der Waals surface area contributed by atoms with Crippen molar-refractivity contribution in [2.24, 2.45) is 5.92 Å². The van der Waals surface area contributed by atoms with Crippen LogP contribution in [-0.4, -0.2) is 35.5 Å². The second-order valence-electron chi connectivity index (χ2n) is 7.21. The topological polar surface area (TPSA) is 78.1 Å². The SMILES string of the molecule is CCNC(=O)C1CCCN(c2nc3c(-c4ccccc4C)csc3c(=O)[nH]2)C1. The summed E-state index contributed by atoms with van der Waals surface area (Å²) < 4.78 is 0.638. The maximum Gasteiger partial charge on any atom is 0.270 e. The van der Waals surface area contributed by atoms with Crippen molar-refractivity contribution in [3.63, 3.8) is 0 Å². The lowest BCUT2D eigenvalue weighted by Crippen LogP contribution is -2.44. The quantitative estimate of drug-likeness (QED) is 0.709. The van der Waals surface area contributed by atoms with Gasteiger partial charge in [0.2, 0.25) is 11.9 Å². The van der Waals surface area contributed by atoms with E-state index in [-0.39, 0.29) is 17.4 Å². The molecule has 7 heteroatoms. The van der Waals surface area contributed by atoms with Crippen molar-refractivity contribution in [1.82, 2.24) is 15.3 Å². The molecule has 28 heavy (non-hydrogen) atoms. The first kappa shape index (κ1) is 18.7. The van der Waals surface area contributed by atoms with Gasteiger partial charge in [-0.15, -0.1) is 11.3 Å². The molecule has 1 amide bonds. The van der Waals surface area contributed by atoms with Gasteiger partial charge in [-0.05, 0) is 37.8 Å². The van der Waals surface area contributed by atoms with Gasteiger partial charge in [-0.25, -0.2) is 4.98 Å². The van der Waals surface area contributed by atoms with Gasteiger partial charge in [0.15, 0.2) is 0 Å². The van der Waals surface area contributed by atoms with E-state index >= 15 is 0 Å². The standard InChI is InChI=1S/C21H24N4O2S/c1-3-22-19(26)14-8-6-10-25(11-14)21-23-17-16(12-28-18(17)20(27)24-21)15-9-5-4-7-13(15)2/h4-5,7,9,12,14H,3,6,8,10-11H2,1-2H3,(H,22,26)(H,23,24,27). The third-order valence-electron chi connectivity index (χ3n) is 5.29. The van der Waals surface area contributed by atoms with Crippen molar-refractivity contribution in [2.45, 2.75) is 26.7 Å². The van der Waals surface area contributed by atoms with Crippen molar-refractivity contribution in [3.05, 3.63) is 45.6 Å². The summed E-state index contributed by atoms with van der Waals surface area (Å²) in [5, 5.41) is 4.91. The summed E-state index contributed by atoms with van der Waals surface area (Å²) in [5.74, 6) is 0.555. The summed E-state index contributed by atoms with van der Waals surface area (Å²) in [4.78, 5) is 34.7. The second-order valence-corrected chi connectivity index (χ2v) is 8.09. The second kappa shape index (κ2) is 7.75. The molecule has 6 nitrogen and oxygen atoms in total. The molecular weight excluding hydrogens is 372 g/mol. The van der Waals surface area contributed by atoms with Gasteiger partial charge in [0, 0.05) is 30.6 Å². The number of aromatic amines is 1. The summed E-state index contributed by atoms with van der Waals surface area (Å²) >= 11 is 1.42. The minimum absolute atomic E-state index is 0.0757. The van der Waals surface area contributed by atoms with E-state index < -0.39 is 0 Å². The molecule has 1 saturated heterocycles. The lowest BCUT2D eigenvalue weighted by molar-refractivity contribution is -0.125. The molecule has 0 bridgehead atoms. The number of piperidine rings is 1. The zero-order valence-corrected chi connectivity index (χ0v) is 16.9. The fourth-order valence-corrected chi connectivity index (χ4v) is 4.73. The Hall–Kier alpha value is -2.67. The number of thiophene rings is 1. The Bertz CT molecular complexity index is 1070. The average molecular weight is 397 g/mol. The van der Waals surface area contributed by atoms with Crippen LogP contribution >= 0.6 is 11.3 Å². The summed E-state index contributed by atoms with van der Waals surface area (Å²) in [6.07, 6.45) is 1.76. The van der Waals surface area contributed by atoms with Crippen LogP contribution in [0, 0.1) is 12.8 Å². The Morgan fingerprint density at radius 1 is 1.36 bits per heavy atom. The van der Waals surface area contributed by atoms with Gasteiger partial charge in [0.05, 0.1) is 11.4 Å². The number of benzene rings is 1. The summed E-state index contributed by atoms with van der Waals surface area (Å²) in [6.45, 7) is 5.98. The molecule has 1 atom stereocenters. The van der Waals surface area contributed by atoms with E-state index in [1.54, 1.807) is 0 Å². The van der Waals surface area contributed by atoms with E-state index in [4.69, 9.17) is 4.98 Å². The van der Waals surface area contributed by atoms with Crippen LogP contribution < -0.4 is 15.8 Å². The van der Waals surface area contributed by atoms with Crippen molar-refractivity contribution in [2.75, 3.05) is 24.5 Å². The van der Waals surface area contributed by atoms with Crippen molar-refractivity contribution < 1.29 is 4.79 Å². The van der Waals surface area contributed by atoms with Crippen LogP contribution in [0.5, 0.6) is 0 Å². The lowest BCUT2D eigenvalue weighted by Gasteiger charge is -2.32. The molecule has 1 fully saturated rings. The Balaban J connectivity index is 1.73. The molecule has 0 spiro atoms. The number of aryl methyl sites for hydroxylation is 1. The van der Waals surface area contributed by atoms with Gasteiger partial charge < -0.3 is 10.2 Å².